The highest BCUT2D eigenvalue weighted by Gasteiger charge is 2.46. The number of carbonyl (C=O) groups is 2. The van der Waals surface area contributed by atoms with Gasteiger partial charge in [0.25, 0.3) is 11.7 Å². The lowest BCUT2D eigenvalue weighted by molar-refractivity contribution is -0.140. The molecule has 2 aromatic rings. The van der Waals surface area contributed by atoms with Gasteiger partial charge in [-0.1, -0.05) is 12.1 Å². The number of aliphatic hydroxyl groups excluding tert-OH is 1. The lowest BCUT2D eigenvalue weighted by Gasteiger charge is -2.25. The number of ketones is 1. The molecule has 0 aromatic heterocycles. The molecule has 0 radical (unpaired) electrons. The van der Waals surface area contributed by atoms with Gasteiger partial charge in [0.2, 0.25) is 0 Å². The van der Waals surface area contributed by atoms with Crippen LogP contribution >= 0.6 is 0 Å². The topological polar surface area (TPSA) is 85.3 Å². The van der Waals surface area contributed by atoms with Crippen LogP contribution in [-0.4, -0.2) is 55.7 Å². The van der Waals surface area contributed by atoms with Gasteiger partial charge in [0.1, 0.15) is 17.3 Å². The smallest absolute Gasteiger partial charge is 0.295 e. The Morgan fingerprint density at radius 2 is 2.03 bits per heavy atom. The van der Waals surface area contributed by atoms with Crippen LogP contribution in [0.5, 0.6) is 11.5 Å². The summed E-state index contributed by atoms with van der Waals surface area (Å²) in [5, 5.41) is 11.1. The second-order valence-electron chi connectivity index (χ2n) is 7.18. The van der Waals surface area contributed by atoms with Gasteiger partial charge in [0, 0.05) is 25.6 Å². The number of methoxy groups -OCH3 is 2. The molecular formula is C23H23NO6. The Labute approximate surface area is 174 Å². The number of nitrogens with zero attached hydrogens (tertiary/aromatic N) is 1. The quantitative estimate of drug-likeness (QED) is 0.449. The zero-order chi connectivity index (χ0) is 21.3. The Kier molecular flexibility index (Phi) is 5.46. The number of hydrogen-bond donors (Lipinski definition) is 1. The van der Waals surface area contributed by atoms with E-state index in [1.165, 1.54) is 12.0 Å². The summed E-state index contributed by atoms with van der Waals surface area (Å²) >= 11 is 0. The fourth-order valence-corrected chi connectivity index (χ4v) is 3.95. The summed E-state index contributed by atoms with van der Waals surface area (Å²) in [6, 6.07) is 11.7. The zero-order valence-corrected chi connectivity index (χ0v) is 16.9. The monoisotopic (exact) mass is 409 g/mol. The van der Waals surface area contributed by atoms with E-state index in [1.807, 2.05) is 12.1 Å². The van der Waals surface area contributed by atoms with Crippen LogP contribution < -0.4 is 9.47 Å². The number of aliphatic hydroxyl groups is 1. The lowest BCUT2D eigenvalue weighted by Crippen LogP contribution is -2.32. The summed E-state index contributed by atoms with van der Waals surface area (Å²) in [5.74, 6) is -0.203. The van der Waals surface area contributed by atoms with Crippen molar-refractivity contribution in [2.24, 2.45) is 0 Å². The summed E-state index contributed by atoms with van der Waals surface area (Å²) in [4.78, 5) is 27.2. The van der Waals surface area contributed by atoms with Gasteiger partial charge in [-0.2, -0.15) is 0 Å². The maximum absolute atomic E-state index is 13.0. The van der Waals surface area contributed by atoms with Crippen LogP contribution in [0.2, 0.25) is 0 Å². The van der Waals surface area contributed by atoms with Gasteiger partial charge in [0.15, 0.2) is 0 Å². The van der Waals surface area contributed by atoms with Gasteiger partial charge in [-0.15, -0.1) is 0 Å². The van der Waals surface area contributed by atoms with Gasteiger partial charge >= 0.3 is 0 Å². The predicted octanol–water partition coefficient (Wildman–Crippen LogP) is 2.70. The largest absolute Gasteiger partial charge is 0.507 e. The molecule has 1 fully saturated rings. The molecule has 1 atom stereocenters. The molecule has 2 aliphatic rings. The van der Waals surface area contributed by atoms with E-state index in [4.69, 9.17) is 14.2 Å². The normalized spacial score (nSPS) is 19.7. The van der Waals surface area contributed by atoms with Crippen molar-refractivity contribution in [3.63, 3.8) is 0 Å². The summed E-state index contributed by atoms with van der Waals surface area (Å²) in [7, 11) is 3.08. The van der Waals surface area contributed by atoms with E-state index in [2.05, 4.69) is 0 Å². The second-order valence-corrected chi connectivity index (χ2v) is 7.18. The molecule has 0 spiro atoms. The number of benzene rings is 2. The molecule has 7 nitrogen and oxygen atoms in total. The van der Waals surface area contributed by atoms with Crippen molar-refractivity contribution in [1.82, 2.24) is 4.90 Å². The number of ether oxygens (including phenoxy) is 3. The van der Waals surface area contributed by atoms with E-state index in [1.54, 1.807) is 37.4 Å². The Morgan fingerprint density at radius 1 is 1.20 bits per heavy atom. The van der Waals surface area contributed by atoms with Crippen LogP contribution in [0.4, 0.5) is 0 Å². The first kappa shape index (κ1) is 20.0. The van der Waals surface area contributed by atoms with E-state index in [0.717, 1.165) is 17.7 Å². The number of Topliss-reactive ketones (excluding diaryl/α,β-unsaturated/α-hetero) is 1. The number of likely N-dealkylation sites (tertiary alicyclic amines) is 1. The molecular weight excluding hydrogens is 386 g/mol. The van der Waals surface area contributed by atoms with Crippen molar-refractivity contribution < 1.29 is 28.9 Å². The first-order valence-electron chi connectivity index (χ1n) is 9.72. The van der Waals surface area contributed by atoms with E-state index in [0.29, 0.717) is 23.5 Å². The van der Waals surface area contributed by atoms with Crippen LogP contribution in [0.25, 0.3) is 5.76 Å². The Bertz CT molecular complexity index is 1030. The summed E-state index contributed by atoms with van der Waals surface area (Å²) in [6.45, 7) is 1.08. The van der Waals surface area contributed by atoms with Crippen LogP contribution in [-0.2, 0) is 20.7 Å². The van der Waals surface area contributed by atoms with Crippen molar-refractivity contribution in [2.75, 3.05) is 34.0 Å². The SMILES string of the molecule is COCCN1C(=O)C(=O)/C(=C(\O)c2ccc3c(c2)CCO3)C1c1cccc(OC)c1. The number of carbonyl (C=O) groups excluding carboxylic acids is 2. The van der Waals surface area contributed by atoms with E-state index >= 15 is 0 Å². The molecule has 1 saturated heterocycles. The number of fused-ring (bicyclic) bond motifs is 1. The number of hydrogen-bond acceptors (Lipinski definition) is 6. The van der Waals surface area contributed by atoms with Crippen LogP contribution in [0.1, 0.15) is 22.7 Å². The summed E-state index contributed by atoms with van der Waals surface area (Å²) in [6.07, 6.45) is 0.734. The molecule has 1 amide bonds. The maximum Gasteiger partial charge on any atom is 0.295 e. The van der Waals surface area contributed by atoms with E-state index in [-0.39, 0.29) is 24.5 Å². The molecule has 156 valence electrons. The zero-order valence-electron chi connectivity index (χ0n) is 16.9. The third-order valence-electron chi connectivity index (χ3n) is 5.45. The number of rotatable bonds is 6. The minimum Gasteiger partial charge on any atom is -0.507 e. The minimum absolute atomic E-state index is 0.0585. The molecule has 0 saturated carbocycles. The molecule has 0 bridgehead atoms. The van der Waals surface area contributed by atoms with Crippen molar-refractivity contribution in [3.05, 3.63) is 64.7 Å². The van der Waals surface area contributed by atoms with Crippen molar-refractivity contribution in [3.8, 4) is 11.5 Å². The first-order chi connectivity index (χ1) is 14.5. The fourth-order valence-electron chi connectivity index (χ4n) is 3.95. The van der Waals surface area contributed by atoms with Gasteiger partial charge in [-0.05, 0) is 41.5 Å². The molecule has 30 heavy (non-hydrogen) atoms. The van der Waals surface area contributed by atoms with Crippen molar-refractivity contribution in [2.45, 2.75) is 12.5 Å². The lowest BCUT2D eigenvalue weighted by atomic mass is 9.94. The molecule has 1 N–H and O–H groups in total. The first-order valence-corrected chi connectivity index (χ1v) is 9.72. The molecule has 2 heterocycles. The van der Waals surface area contributed by atoms with Crippen LogP contribution in [0.15, 0.2) is 48.0 Å². The van der Waals surface area contributed by atoms with Crippen molar-refractivity contribution in [1.29, 1.82) is 0 Å². The third-order valence-corrected chi connectivity index (χ3v) is 5.45. The van der Waals surface area contributed by atoms with Crippen LogP contribution in [0.3, 0.4) is 0 Å². The van der Waals surface area contributed by atoms with Gasteiger partial charge in [-0.25, -0.2) is 0 Å². The number of amides is 1. The standard InChI is InChI=1S/C23H23NO6/c1-28-11-9-24-20(15-4-3-5-17(13-15)29-2)19(22(26)23(24)27)21(25)16-6-7-18-14(12-16)8-10-30-18/h3-7,12-13,20,25H,8-11H2,1-2H3/b21-19-. The molecule has 7 heteroatoms. The average Bonchev–Trinajstić information content (AvgIpc) is 3.34. The molecule has 4 rings (SSSR count). The fraction of sp³-hybridized carbons (Fsp3) is 0.304. The average molecular weight is 409 g/mol. The summed E-state index contributed by atoms with van der Waals surface area (Å²) < 4.78 is 16.0. The van der Waals surface area contributed by atoms with E-state index in [9.17, 15) is 14.7 Å². The van der Waals surface area contributed by atoms with Gasteiger partial charge in [-0.3, -0.25) is 9.59 Å². The Balaban J connectivity index is 1.85. The maximum atomic E-state index is 13.0. The highest BCUT2D eigenvalue weighted by molar-refractivity contribution is 6.46. The van der Waals surface area contributed by atoms with Crippen molar-refractivity contribution >= 4 is 17.4 Å². The Hall–Kier alpha value is -3.32. The Morgan fingerprint density at radius 3 is 2.80 bits per heavy atom. The van der Waals surface area contributed by atoms with E-state index < -0.39 is 17.7 Å². The molecule has 2 aliphatic heterocycles. The van der Waals surface area contributed by atoms with Gasteiger partial charge < -0.3 is 24.2 Å². The molecule has 0 aliphatic carbocycles. The minimum atomic E-state index is -0.736. The summed E-state index contributed by atoms with van der Waals surface area (Å²) in [5.41, 5.74) is 2.18. The molecule has 2 aromatic carbocycles. The molecule has 1 unspecified atom stereocenters. The predicted molar refractivity (Wildman–Crippen MR) is 110 cm³/mol. The highest BCUT2D eigenvalue weighted by atomic mass is 16.5. The highest BCUT2D eigenvalue weighted by Crippen LogP contribution is 2.40. The van der Waals surface area contributed by atoms with Crippen LogP contribution in [0, 0.1) is 0 Å². The second kappa shape index (κ2) is 8.20. The third kappa shape index (κ3) is 3.41. The van der Waals surface area contributed by atoms with Gasteiger partial charge in [0.05, 0.1) is 31.9 Å².